The zero-order valence-electron chi connectivity index (χ0n) is 3.70. The summed E-state index contributed by atoms with van der Waals surface area (Å²) in [6.07, 6.45) is 9.78. The molecule has 0 saturated heterocycles. The van der Waals surface area contributed by atoms with Crippen molar-refractivity contribution in [1.82, 2.24) is 0 Å². The number of unbranched alkanes of at least 4 members (excludes halogenated alkanes) is 1. The Kier molecular flexibility index (Phi) is 3.80. The van der Waals surface area contributed by atoms with Gasteiger partial charge in [0.05, 0.1) is 0 Å². The highest BCUT2D eigenvalue weighted by atomic mass is 13.7. The van der Waals surface area contributed by atoms with Crippen molar-refractivity contribution in [2.75, 3.05) is 0 Å². The lowest BCUT2D eigenvalue weighted by Crippen LogP contribution is -1.57. The number of rotatable bonds is 2. The van der Waals surface area contributed by atoms with E-state index in [9.17, 15) is 0 Å². The second kappa shape index (κ2) is 4.30. The second-order valence-corrected chi connectivity index (χ2v) is 1.00. The van der Waals surface area contributed by atoms with Crippen molar-refractivity contribution < 1.29 is 0 Å². The molecule has 0 aliphatic carbocycles. The topological polar surface area (TPSA) is 0 Å². The fraction of sp³-hybridized carbons (Fsp3) is 0.333. The van der Waals surface area contributed by atoms with Gasteiger partial charge in [-0.15, -0.1) is 6.58 Å². The quantitative estimate of drug-likeness (QED) is 0.267. The van der Waals surface area contributed by atoms with E-state index in [2.05, 4.69) is 12.5 Å². The molecule has 0 aliphatic heterocycles. The molecule has 0 aromatic rings. The van der Waals surface area contributed by atoms with E-state index in [1.54, 1.807) is 6.08 Å². The van der Waals surface area contributed by atoms with Crippen LogP contribution in [0.4, 0.5) is 0 Å². The average Bonchev–Trinajstić information content (AvgIpc) is 1.61. The maximum absolute atomic E-state index is 6.41. The standard InChI is InChI=1S/C6H7/c1-3-5-6-4-2/h3H,1,5-6H2. The van der Waals surface area contributed by atoms with Gasteiger partial charge in [0.25, 0.3) is 0 Å². The molecule has 0 fully saturated rings. The number of hydrogen-bond acceptors (Lipinski definition) is 0. The van der Waals surface area contributed by atoms with Crippen molar-refractivity contribution >= 4 is 0 Å². The summed E-state index contributed by atoms with van der Waals surface area (Å²) in [5, 5.41) is 0. The molecule has 0 spiro atoms. The Balaban J connectivity index is 2.72. The van der Waals surface area contributed by atoms with Gasteiger partial charge in [0.2, 0.25) is 0 Å². The van der Waals surface area contributed by atoms with E-state index in [0.717, 1.165) is 6.42 Å². The van der Waals surface area contributed by atoms with Crippen LogP contribution < -0.4 is 0 Å². The van der Waals surface area contributed by atoms with E-state index in [-0.39, 0.29) is 0 Å². The fourth-order valence-corrected chi connectivity index (χ4v) is 0.174. The summed E-state index contributed by atoms with van der Waals surface area (Å²) in [5.74, 6) is 2.25. The van der Waals surface area contributed by atoms with Gasteiger partial charge in [0, 0.05) is 6.42 Å². The van der Waals surface area contributed by atoms with Crippen LogP contribution in [0.2, 0.25) is 0 Å². The molecule has 0 nitrogen and oxygen atoms in total. The van der Waals surface area contributed by atoms with Crippen LogP contribution in [-0.4, -0.2) is 0 Å². The molecule has 0 atom stereocenters. The largest absolute Gasteiger partial charge is 0.103 e. The normalized spacial score (nSPS) is 6.50. The summed E-state index contributed by atoms with van der Waals surface area (Å²) >= 11 is 0. The predicted octanol–water partition coefficient (Wildman–Crippen LogP) is 1.54. The first-order valence-corrected chi connectivity index (χ1v) is 1.92. The molecule has 0 bridgehead atoms. The van der Waals surface area contributed by atoms with Crippen molar-refractivity contribution in [2.24, 2.45) is 0 Å². The highest BCUT2D eigenvalue weighted by Gasteiger charge is 1.66. The van der Waals surface area contributed by atoms with Gasteiger partial charge >= 0.3 is 0 Å². The Bertz CT molecular complexity index is 64.6. The number of allylic oxidation sites excluding steroid dienone is 1. The maximum Gasteiger partial charge on any atom is 0.0133 e. The Hall–Kier alpha value is -0.700. The Morgan fingerprint density at radius 2 is 2.50 bits per heavy atom. The third kappa shape index (κ3) is 3.30. The molecule has 0 aromatic carbocycles. The highest BCUT2D eigenvalue weighted by Crippen LogP contribution is 1.82. The molecule has 0 heteroatoms. The summed E-state index contributed by atoms with van der Waals surface area (Å²) in [5.41, 5.74) is 0. The van der Waals surface area contributed by atoms with Crippen LogP contribution in [0, 0.1) is 12.3 Å². The van der Waals surface area contributed by atoms with E-state index in [1.807, 2.05) is 0 Å². The molecular formula is C6H7. The summed E-state index contributed by atoms with van der Waals surface area (Å²) in [6.45, 7) is 3.47. The van der Waals surface area contributed by atoms with E-state index >= 15 is 0 Å². The first-order chi connectivity index (χ1) is 2.91. The Labute approximate surface area is 38.9 Å². The maximum atomic E-state index is 6.41. The van der Waals surface area contributed by atoms with Gasteiger partial charge in [-0.3, -0.25) is 0 Å². The van der Waals surface area contributed by atoms with Crippen molar-refractivity contribution in [2.45, 2.75) is 12.8 Å². The molecule has 0 aliphatic rings. The van der Waals surface area contributed by atoms with Crippen LogP contribution in [0.5, 0.6) is 0 Å². The lowest BCUT2D eigenvalue weighted by Gasteiger charge is -1.73. The monoisotopic (exact) mass is 79.1 g/mol. The molecule has 0 rings (SSSR count). The van der Waals surface area contributed by atoms with Gasteiger partial charge in [-0.25, -0.2) is 0 Å². The molecule has 0 N–H and O–H groups in total. The summed E-state index contributed by atoms with van der Waals surface area (Å²) in [6, 6.07) is 0. The van der Waals surface area contributed by atoms with Gasteiger partial charge in [0.1, 0.15) is 0 Å². The summed E-state index contributed by atoms with van der Waals surface area (Å²) in [7, 11) is 0. The average molecular weight is 79.1 g/mol. The molecule has 0 amide bonds. The van der Waals surface area contributed by atoms with Crippen LogP contribution in [0.1, 0.15) is 12.8 Å². The Morgan fingerprint density at radius 1 is 1.83 bits per heavy atom. The van der Waals surface area contributed by atoms with Crippen LogP contribution in [-0.2, 0) is 0 Å². The van der Waals surface area contributed by atoms with E-state index in [4.69, 9.17) is 6.42 Å². The molecule has 0 unspecified atom stereocenters. The minimum absolute atomic E-state index is 0.712. The molecule has 31 valence electrons. The lowest BCUT2D eigenvalue weighted by atomic mass is 10.3. The Morgan fingerprint density at radius 3 is 2.67 bits per heavy atom. The fourth-order valence-electron chi connectivity index (χ4n) is 0.174. The van der Waals surface area contributed by atoms with Crippen molar-refractivity contribution in [3.8, 4) is 5.92 Å². The predicted molar refractivity (Wildman–Crippen MR) is 26.6 cm³/mol. The van der Waals surface area contributed by atoms with Crippen LogP contribution in [0.15, 0.2) is 12.7 Å². The molecular weight excluding hydrogens is 72.1 g/mol. The third-order valence-electron chi connectivity index (χ3n) is 0.473. The van der Waals surface area contributed by atoms with E-state index in [1.165, 1.54) is 0 Å². The van der Waals surface area contributed by atoms with Crippen LogP contribution >= 0.6 is 0 Å². The zero-order chi connectivity index (χ0) is 4.83. The number of hydrogen-bond donors (Lipinski definition) is 0. The summed E-state index contributed by atoms with van der Waals surface area (Å²) < 4.78 is 0. The molecule has 0 saturated carbocycles. The minimum atomic E-state index is 0.712. The van der Waals surface area contributed by atoms with Gasteiger partial charge in [-0.1, -0.05) is 12.0 Å². The molecule has 0 heterocycles. The minimum Gasteiger partial charge on any atom is -0.103 e. The van der Waals surface area contributed by atoms with Gasteiger partial charge in [-0.2, -0.15) is 0 Å². The van der Waals surface area contributed by atoms with E-state index < -0.39 is 0 Å². The first-order valence-electron chi connectivity index (χ1n) is 1.92. The third-order valence-corrected chi connectivity index (χ3v) is 0.473. The van der Waals surface area contributed by atoms with Gasteiger partial charge in [0.15, 0.2) is 0 Å². The lowest BCUT2D eigenvalue weighted by molar-refractivity contribution is 1.09. The molecule has 6 heavy (non-hydrogen) atoms. The smallest absolute Gasteiger partial charge is 0.0133 e. The van der Waals surface area contributed by atoms with Crippen LogP contribution in [0.3, 0.4) is 0 Å². The van der Waals surface area contributed by atoms with Gasteiger partial charge in [-0.05, 0) is 12.8 Å². The van der Waals surface area contributed by atoms with Crippen molar-refractivity contribution in [1.29, 1.82) is 0 Å². The van der Waals surface area contributed by atoms with Gasteiger partial charge < -0.3 is 0 Å². The molecule has 1 radical (unpaired) electrons. The van der Waals surface area contributed by atoms with Crippen molar-refractivity contribution in [3.63, 3.8) is 0 Å². The SMILES string of the molecule is [C]#CCCC=C. The van der Waals surface area contributed by atoms with Crippen LogP contribution in [0.25, 0.3) is 0 Å². The van der Waals surface area contributed by atoms with Crippen molar-refractivity contribution in [3.05, 3.63) is 19.1 Å². The first kappa shape index (κ1) is 5.30. The zero-order valence-corrected chi connectivity index (χ0v) is 3.70. The summed E-state index contributed by atoms with van der Waals surface area (Å²) in [4.78, 5) is 0. The van der Waals surface area contributed by atoms with E-state index in [0.29, 0.717) is 6.42 Å². The highest BCUT2D eigenvalue weighted by molar-refractivity contribution is 4.80. The second-order valence-electron chi connectivity index (χ2n) is 1.00. The molecule has 0 aromatic heterocycles.